The lowest BCUT2D eigenvalue weighted by Gasteiger charge is -2.51. The van der Waals surface area contributed by atoms with Gasteiger partial charge in [-0.3, -0.25) is 0 Å². The highest BCUT2D eigenvalue weighted by molar-refractivity contribution is 6.81. The monoisotopic (exact) mass is 200 g/mol. The van der Waals surface area contributed by atoms with Gasteiger partial charge in [0.15, 0.2) is 0 Å². The first-order chi connectivity index (χ1) is 5.44. The SMILES string of the molecule is CC(C)[Si](C)(C)C(C)(C)C(C)(C)C. The third kappa shape index (κ3) is 2.17. The standard InChI is InChI=1S/C12H28Si/c1-10(2)13(8,9)12(6,7)11(3,4)5/h10H,1-9H3. The molecule has 0 bridgehead atoms. The molecular formula is C12H28Si. The molecular weight excluding hydrogens is 172 g/mol. The van der Waals surface area contributed by atoms with E-state index in [4.69, 9.17) is 0 Å². The Hall–Kier alpha value is 0.217. The zero-order chi connectivity index (χ0) is 11.1. The van der Waals surface area contributed by atoms with Crippen LogP contribution in [0.4, 0.5) is 0 Å². The van der Waals surface area contributed by atoms with E-state index in [-0.39, 0.29) is 0 Å². The zero-order valence-electron chi connectivity index (χ0n) is 11.1. The van der Waals surface area contributed by atoms with E-state index in [1.807, 2.05) is 0 Å². The molecule has 0 rings (SSSR count). The predicted molar refractivity (Wildman–Crippen MR) is 66.1 cm³/mol. The second kappa shape index (κ2) is 3.41. The van der Waals surface area contributed by atoms with Crippen molar-refractivity contribution < 1.29 is 0 Å². The molecule has 0 radical (unpaired) electrons. The minimum absolute atomic E-state index is 0.424. The van der Waals surface area contributed by atoms with Crippen LogP contribution < -0.4 is 0 Å². The summed E-state index contributed by atoms with van der Waals surface area (Å²) in [6, 6.07) is 0. The highest BCUT2D eigenvalue weighted by Gasteiger charge is 2.48. The minimum Gasteiger partial charge on any atom is -0.0688 e. The summed E-state index contributed by atoms with van der Waals surface area (Å²) in [5, 5.41) is 0.494. The second-order valence-corrected chi connectivity index (χ2v) is 12.6. The summed E-state index contributed by atoms with van der Waals surface area (Å²) in [4.78, 5) is 0. The van der Waals surface area contributed by atoms with Gasteiger partial charge in [-0.2, -0.15) is 0 Å². The Morgan fingerprint density at radius 2 is 1.15 bits per heavy atom. The Bertz CT molecular complexity index is 170. The Morgan fingerprint density at radius 3 is 1.23 bits per heavy atom. The van der Waals surface area contributed by atoms with E-state index in [1.54, 1.807) is 0 Å². The van der Waals surface area contributed by atoms with Crippen LogP contribution in [-0.2, 0) is 0 Å². The van der Waals surface area contributed by atoms with Crippen molar-refractivity contribution in [2.24, 2.45) is 5.41 Å². The fraction of sp³-hybridized carbons (Fsp3) is 1.00. The number of hydrogen-bond donors (Lipinski definition) is 0. The first kappa shape index (κ1) is 13.2. The molecule has 0 fully saturated rings. The smallest absolute Gasteiger partial charge is 0.0561 e. The van der Waals surface area contributed by atoms with Crippen molar-refractivity contribution in [3.05, 3.63) is 0 Å². The van der Waals surface area contributed by atoms with Gasteiger partial charge in [0.2, 0.25) is 0 Å². The molecule has 0 heterocycles. The van der Waals surface area contributed by atoms with Crippen molar-refractivity contribution in [3.63, 3.8) is 0 Å². The molecule has 0 saturated carbocycles. The summed E-state index contributed by atoms with van der Waals surface area (Å²) < 4.78 is 0. The predicted octanol–water partition coefficient (Wildman–Crippen LogP) is 4.93. The van der Waals surface area contributed by atoms with E-state index >= 15 is 0 Å². The molecule has 13 heavy (non-hydrogen) atoms. The van der Waals surface area contributed by atoms with Crippen molar-refractivity contribution in [3.8, 4) is 0 Å². The lowest BCUT2D eigenvalue weighted by molar-refractivity contribution is 0.286. The van der Waals surface area contributed by atoms with E-state index in [0.29, 0.717) is 10.5 Å². The van der Waals surface area contributed by atoms with E-state index in [9.17, 15) is 0 Å². The number of rotatable bonds is 2. The summed E-state index contributed by atoms with van der Waals surface area (Å²) >= 11 is 0. The summed E-state index contributed by atoms with van der Waals surface area (Å²) in [5.74, 6) is 0. The van der Waals surface area contributed by atoms with Crippen molar-refractivity contribution in [2.75, 3.05) is 0 Å². The van der Waals surface area contributed by atoms with E-state index in [0.717, 1.165) is 5.54 Å². The van der Waals surface area contributed by atoms with E-state index in [2.05, 4.69) is 61.6 Å². The third-order valence-electron chi connectivity index (χ3n) is 4.93. The van der Waals surface area contributed by atoms with Gasteiger partial charge in [0, 0.05) is 0 Å². The molecule has 1 heteroatoms. The fourth-order valence-electron chi connectivity index (χ4n) is 1.69. The topological polar surface area (TPSA) is 0 Å². The molecule has 0 aromatic rings. The van der Waals surface area contributed by atoms with Crippen molar-refractivity contribution in [1.82, 2.24) is 0 Å². The van der Waals surface area contributed by atoms with Gasteiger partial charge >= 0.3 is 0 Å². The first-order valence-electron chi connectivity index (χ1n) is 5.44. The van der Waals surface area contributed by atoms with Gasteiger partial charge in [-0.25, -0.2) is 0 Å². The highest BCUT2D eigenvalue weighted by atomic mass is 28.3. The summed E-state index contributed by atoms with van der Waals surface area (Å²) in [6.07, 6.45) is 0. The summed E-state index contributed by atoms with van der Waals surface area (Å²) in [6.45, 7) is 21.9. The lowest BCUT2D eigenvalue weighted by Crippen LogP contribution is -2.48. The maximum absolute atomic E-state index is 2.53. The van der Waals surface area contributed by atoms with Gasteiger partial charge in [-0.1, -0.05) is 67.1 Å². The second-order valence-electron chi connectivity index (χ2n) is 6.75. The normalized spacial score (nSPS) is 15.2. The Balaban J connectivity index is 5.04. The van der Waals surface area contributed by atoms with Crippen LogP contribution in [-0.4, -0.2) is 8.07 Å². The molecule has 0 amide bonds. The molecule has 0 N–H and O–H groups in total. The van der Waals surface area contributed by atoms with Gasteiger partial charge in [0.25, 0.3) is 0 Å². The lowest BCUT2D eigenvalue weighted by atomic mass is 9.82. The quantitative estimate of drug-likeness (QED) is 0.554. The van der Waals surface area contributed by atoms with Crippen LogP contribution in [0.2, 0.25) is 23.7 Å². The van der Waals surface area contributed by atoms with Gasteiger partial charge in [-0.05, 0) is 10.5 Å². The van der Waals surface area contributed by atoms with Gasteiger partial charge in [-0.15, -0.1) is 0 Å². The molecule has 0 nitrogen and oxygen atoms in total. The van der Waals surface area contributed by atoms with Crippen LogP contribution in [0, 0.1) is 5.41 Å². The average molecular weight is 200 g/mol. The van der Waals surface area contributed by atoms with Gasteiger partial charge in [0.05, 0.1) is 8.07 Å². The molecule has 0 unspecified atom stereocenters. The minimum atomic E-state index is -1.14. The molecule has 80 valence electrons. The molecule has 0 aromatic heterocycles. The molecule has 0 spiro atoms. The maximum atomic E-state index is 2.53. The molecule has 0 aliphatic carbocycles. The van der Waals surface area contributed by atoms with Gasteiger partial charge in [0.1, 0.15) is 0 Å². The van der Waals surface area contributed by atoms with Crippen molar-refractivity contribution >= 4 is 8.07 Å². The van der Waals surface area contributed by atoms with Crippen LogP contribution in [0.3, 0.4) is 0 Å². The third-order valence-corrected chi connectivity index (χ3v) is 11.8. The van der Waals surface area contributed by atoms with Crippen LogP contribution in [0.1, 0.15) is 48.5 Å². The van der Waals surface area contributed by atoms with Crippen LogP contribution in [0.5, 0.6) is 0 Å². The maximum Gasteiger partial charge on any atom is 0.0561 e. The Labute approximate surface area is 86.1 Å². The molecule has 0 aromatic carbocycles. The molecule has 0 atom stereocenters. The van der Waals surface area contributed by atoms with E-state index < -0.39 is 8.07 Å². The highest BCUT2D eigenvalue weighted by Crippen LogP contribution is 2.55. The fourth-order valence-corrected chi connectivity index (χ4v) is 5.06. The summed E-state index contributed by atoms with van der Waals surface area (Å²) in [5.41, 5.74) is 1.29. The van der Waals surface area contributed by atoms with Crippen molar-refractivity contribution in [1.29, 1.82) is 0 Å². The first-order valence-corrected chi connectivity index (χ1v) is 8.52. The zero-order valence-corrected chi connectivity index (χ0v) is 12.1. The number of hydrogen-bond acceptors (Lipinski definition) is 0. The molecule has 0 saturated heterocycles. The Kier molecular flexibility index (Phi) is 3.47. The van der Waals surface area contributed by atoms with Crippen LogP contribution >= 0.6 is 0 Å². The Morgan fingerprint density at radius 1 is 0.846 bits per heavy atom. The molecule has 0 aliphatic heterocycles. The van der Waals surface area contributed by atoms with Crippen LogP contribution in [0.25, 0.3) is 0 Å². The summed E-state index contributed by atoms with van der Waals surface area (Å²) in [7, 11) is -1.14. The van der Waals surface area contributed by atoms with Crippen molar-refractivity contribution in [2.45, 2.75) is 72.1 Å². The van der Waals surface area contributed by atoms with Gasteiger partial charge < -0.3 is 0 Å². The van der Waals surface area contributed by atoms with Crippen LogP contribution in [0.15, 0.2) is 0 Å². The van der Waals surface area contributed by atoms with E-state index in [1.165, 1.54) is 0 Å². The molecule has 0 aliphatic rings. The largest absolute Gasteiger partial charge is 0.0688 e. The average Bonchev–Trinajstić information content (AvgIpc) is 1.84.